The first-order valence-corrected chi connectivity index (χ1v) is 11.1. The summed E-state index contributed by atoms with van der Waals surface area (Å²) in [6.45, 7) is 4.05. The number of nitrogens with one attached hydrogen (secondary N) is 1. The zero-order valence-corrected chi connectivity index (χ0v) is 19.6. The molecule has 0 spiro atoms. The van der Waals surface area contributed by atoms with Crippen molar-refractivity contribution in [2.45, 2.75) is 20.3 Å². The average molecular weight is 478 g/mol. The van der Waals surface area contributed by atoms with Gasteiger partial charge in [-0.05, 0) is 49.7 Å². The van der Waals surface area contributed by atoms with Crippen LogP contribution >= 0.6 is 34.5 Å². The molecule has 8 heteroatoms. The second-order valence-corrected chi connectivity index (χ2v) is 8.75. The van der Waals surface area contributed by atoms with Crippen molar-refractivity contribution in [2.75, 3.05) is 19.0 Å². The summed E-state index contributed by atoms with van der Waals surface area (Å²) in [5.74, 6) is -0.216. The lowest BCUT2D eigenvalue weighted by atomic mass is 10.0. The Morgan fingerprint density at radius 1 is 1.10 bits per heavy atom. The molecule has 0 atom stereocenters. The second kappa shape index (κ2) is 10.2. The Morgan fingerprint density at radius 3 is 2.42 bits per heavy atom. The van der Waals surface area contributed by atoms with Crippen LogP contribution in [0.4, 0.5) is 5.00 Å². The van der Waals surface area contributed by atoms with E-state index in [1.54, 1.807) is 49.6 Å². The smallest absolute Gasteiger partial charge is 0.341 e. The van der Waals surface area contributed by atoms with Crippen molar-refractivity contribution < 1.29 is 19.1 Å². The van der Waals surface area contributed by atoms with Crippen LogP contribution < -0.4 is 10.1 Å². The average Bonchev–Trinajstić information content (AvgIpc) is 3.07. The Balaban J connectivity index is 2.04. The Hall–Kier alpha value is -2.54. The molecule has 0 saturated carbocycles. The molecule has 0 aliphatic carbocycles. The van der Waals surface area contributed by atoms with Gasteiger partial charge in [0, 0.05) is 31.6 Å². The fraction of sp³-hybridized carbons (Fsp3) is 0.217. The lowest BCUT2D eigenvalue weighted by molar-refractivity contribution is 0.0507. The van der Waals surface area contributed by atoms with E-state index in [0.29, 0.717) is 43.9 Å². The predicted octanol–water partition coefficient (Wildman–Crippen LogP) is 6.86. The fourth-order valence-corrected chi connectivity index (χ4v) is 4.58. The number of methoxy groups -OCH3 is 1. The fourth-order valence-electron chi connectivity index (χ4n) is 3.03. The first-order valence-electron chi connectivity index (χ1n) is 9.57. The molecular formula is C23H21Cl2NO4S. The molecule has 31 heavy (non-hydrogen) atoms. The first-order chi connectivity index (χ1) is 14.8. The standard InChI is InChI=1S/C23H21Cl2NO4S/c1-4-11-30-23(28)20-19(17-10-7-15(24)12-18(17)25)13(2)31-22(20)26-21(27)14-5-8-16(29-3)9-6-14/h5-10,12H,4,11H2,1-3H3,(H,26,27). The van der Waals surface area contributed by atoms with E-state index in [1.165, 1.54) is 11.3 Å². The van der Waals surface area contributed by atoms with E-state index < -0.39 is 5.97 Å². The quantitative estimate of drug-likeness (QED) is 0.377. The summed E-state index contributed by atoms with van der Waals surface area (Å²) < 4.78 is 10.5. The molecule has 0 aliphatic heterocycles. The van der Waals surface area contributed by atoms with E-state index in [0.717, 1.165) is 4.88 Å². The van der Waals surface area contributed by atoms with Gasteiger partial charge in [-0.15, -0.1) is 11.3 Å². The molecule has 1 aromatic heterocycles. The van der Waals surface area contributed by atoms with Gasteiger partial charge in [-0.1, -0.05) is 36.2 Å². The minimum atomic E-state index is -0.516. The Morgan fingerprint density at radius 2 is 1.81 bits per heavy atom. The monoisotopic (exact) mass is 477 g/mol. The highest BCUT2D eigenvalue weighted by molar-refractivity contribution is 7.17. The maximum atomic E-state index is 13.0. The van der Waals surface area contributed by atoms with Crippen LogP contribution in [-0.4, -0.2) is 25.6 Å². The summed E-state index contributed by atoms with van der Waals surface area (Å²) >= 11 is 13.8. The molecule has 3 rings (SSSR count). The predicted molar refractivity (Wildman–Crippen MR) is 126 cm³/mol. The number of aryl methyl sites for hydroxylation is 1. The summed E-state index contributed by atoms with van der Waals surface area (Å²) in [6, 6.07) is 11.8. The van der Waals surface area contributed by atoms with Crippen LogP contribution in [0.3, 0.4) is 0 Å². The molecule has 2 aromatic carbocycles. The summed E-state index contributed by atoms with van der Waals surface area (Å²) in [5.41, 5.74) is 1.99. The molecule has 5 nitrogen and oxygen atoms in total. The number of ether oxygens (including phenoxy) is 2. The Kier molecular flexibility index (Phi) is 7.59. The van der Waals surface area contributed by atoms with Crippen LogP contribution in [0.5, 0.6) is 5.75 Å². The van der Waals surface area contributed by atoms with Gasteiger partial charge in [0.15, 0.2) is 0 Å². The lowest BCUT2D eigenvalue weighted by Crippen LogP contribution is -2.15. The van der Waals surface area contributed by atoms with Gasteiger partial charge in [0.05, 0.1) is 13.7 Å². The van der Waals surface area contributed by atoms with E-state index in [4.69, 9.17) is 32.7 Å². The highest BCUT2D eigenvalue weighted by Crippen LogP contribution is 2.43. The van der Waals surface area contributed by atoms with E-state index in [2.05, 4.69) is 5.32 Å². The van der Waals surface area contributed by atoms with Gasteiger partial charge in [0.25, 0.3) is 5.91 Å². The zero-order valence-electron chi connectivity index (χ0n) is 17.3. The molecule has 0 aliphatic rings. The van der Waals surface area contributed by atoms with Gasteiger partial charge in [-0.3, -0.25) is 4.79 Å². The number of carbonyl (C=O) groups excluding carboxylic acids is 2. The van der Waals surface area contributed by atoms with Gasteiger partial charge < -0.3 is 14.8 Å². The van der Waals surface area contributed by atoms with Gasteiger partial charge >= 0.3 is 5.97 Å². The number of esters is 1. The summed E-state index contributed by atoms with van der Waals surface area (Å²) in [5, 5.41) is 4.15. The number of amides is 1. The van der Waals surface area contributed by atoms with Crippen molar-refractivity contribution in [3.63, 3.8) is 0 Å². The van der Waals surface area contributed by atoms with Crippen molar-refractivity contribution in [2.24, 2.45) is 0 Å². The third-order valence-electron chi connectivity index (χ3n) is 4.51. The molecule has 0 fully saturated rings. The van der Waals surface area contributed by atoms with Crippen LogP contribution in [0, 0.1) is 6.92 Å². The number of hydrogen-bond donors (Lipinski definition) is 1. The Labute approximate surface area is 194 Å². The number of halogens is 2. The van der Waals surface area contributed by atoms with Crippen molar-refractivity contribution in [3.8, 4) is 16.9 Å². The molecule has 0 radical (unpaired) electrons. The third-order valence-corrected chi connectivity index (χ3v) is 6.07. The van der Waals surface area contributed by atoms with Crippen molar-refractivity contribution in [1.29, 1.82) is 0 Å². The number of rotatable bonds is 7. The largest absolute Gasteiger partial charge is 0.497 e. The number of thiophene rings is 1. The van der Waals surface area contributed by atoms with Crippen LogP contribution in [0.15, 0.2) is 42.5 Å². The van der Waals surface area contributed by atoms with Crippen LogP contribution in [-0.2, 0) is 4.74 Å². The lowest BCUT2D eigenvalue weighted by Gasteiger charge is -2.11. The van der Waals surface area contributed by atoms with Crippen molar-refractivity contribution in [1.82, 2.24) is 0 Å². The molecule has 0 unspecified atom stereocenters. The summed E-state index contributed by atoms with van der Waals surface area (Å²) in [6.07, 6.45) is 0.680. The topological polar surface area (TPSA) is 64.6 Å². The minimum Gasteiger partial charge on any atom is -0.497 e. The molecule has 162 valence electrons. The molecule has 0 saturated heterocycles. The van der Waals surface area contributed by atoms with E-state index >= 15 is 0 Å². The number of anilines is 1. The second-order valence-electron chi connectivity index (χ2n) is 6.68. The maximum absolute atomic E-state index is 13.0. The zero-order chi connectivity index (χ0) is 22.5. The Bertz CT molecular complexity index is 1110. The molecule has 0 bridgehead atoms. The van der Waals surface area contributed by atoms with Crippen LogP contribution in [0.25, 0.3) is 11.1 Å². The molecule has 1 heterocycles. The normalized spacial score (nSPS) is 10.6. The highest BCUT2D eigenvalue weighted by atomic mass is 35.5. The first kappa shape index (κ1) is 23.1. The van der Waals surface area contributed by atoms with E-state index in [-0.39, 0.29) is 18.1 Å². The van der Waals surface area contributed by atoms with Crippen LogP contribution in [0.1, 0.15) is 38.9 Å². The van der Waals surface area contributed by atoms with Gasteiger partial charge in [0.2, 0.25) is 0 Å². The van der Waals surface area contributed by atoms with Crippen molar-refractivity contribution in [3.05, 3.63) is 68.5 Å². The van der Waals surface area contributed by atoms with Gasteiger partial charge in [-0.25, -0.2) is 4.79 Å². The number of benzene rings is 2. The molecule has 1 amide bonds. The number of hydrogen-bond acceptors (Lipinski definition) is 5. The molecule has 1 N–H and O–H groups in total. The van der Waals surface area contributed by atoms with Gasteiger partial charge in [-0.2, -0.15) is 0 Å². The van der Waals surface area contributed by atoms with Crippen LogP contribution in [0.2, 0.25) is 10.0 Å². The summed E-state index contributed by atoms with van der Waals surface area (Å²) in [7, 11) is 1.56. The van der Waals surface area contributed by atoms with Gasteiger partial charge in [0.1, 0.15) is 16.3 Å². The van der Waals surface area contributed by atoms with Crippen molar-refractivity contribution >= 4 is 51.4 Å². The highest BCUT2D eigenvalue weighted by Gasteiger charge is 2.27. The maximum Gasteiger partial charge on any atom is 0.341 e. The van der Waals surface area contributed by atoms with E-state index in [9.17, 15) is 9.59 Å². The summed E-state index contributed by atoms with van der Waals surface area (Å²) in [4.78, 5) is 26.6. The molecule has 3 aromatic rings. The number of carbonyl (C=O) groups is 2. The van der Waals surface area contributed by atoms with E-state index in [1.807, 2.05) is 13.8 Å². The SMILES string of the molecule is CCCOC(=O)c1c(NC(=O)c2ccc(OC)cc2)sc(C)c1-c1ccc(Cl)cc1Cl. The molecular weight excluding hydrogens is 457 g/mol. The minimum absolute atomic E-state index is 0.271. The third kappa shape index (κ3) is 5.21.